The maximum Gasteiger partial charge on any atom is 0.419 e. The largest absolute Gasteiger partial charge is 0.507 e. The number of phenolic OH excluding ortho intramolecular Hbond substituents is 1. The summed E-state index contributed by atoms with van der Waals surface area (Å²) < 4.78 is 47.2. The van der Waals surface area contributed by atoms with E-state index < -0.39 is 17.5 Å². The van der Waals surface area contributed by atoms with Crippen molar-refractivity contribution in [2.75, 3.05) is 26.3 Å². The molecule has 6 N–H and O–H groups in total. The Hall–Kier alpha value is -2.98. The van der Waals surface area contributed by atoms with Crippen molar-refractivity contribution in [2.45, 2.75) is 122 Å². The quantitative estimate of drug-likeness (QED) is 0.0832. The summed E-state index contributed by atoms with van der Waals surface area (Å²) in [6.07, 6.45) is 8.64. The highest BCUT2D eigenvalue weighted by Gasteiger charge is 2.34. The van der Waals surface area contributed by atoms with Gasteiger partial charge in [-0.3, -0.25) is 14.4 Å². The molecule has 0 heterocycles. The van der Waals surface area contributed by atoms with Gasteiger partial charge in [-0.05, 0) is 109 Å². The summed E-state index contributed by atoms with van der Waals surface area (Å²) in [6.45, 7) is 10.8. The van der Waals surface area contributed by atoms with Gasteiger partial charge in [-0.25, -0.2) is 0 Å². The number of carbonyl (C=O) groups excluding carboxylic acids is 3. The highest BCUT2D eigenvalue weighted by molar-refractivity contribution is 9.10. The number of ether oxygens (including phenoxy) is 2. The second-order valence-electron chi connectivity index (χ2n) is 14.3. The fourth-order valence-corrected chi connectivity index (χ4v) is 5.16. The summed E-state index contributed by atoms with van der Waals surface area (Å²) in [7, 11) is 7.94. The minimum Gasteiger partial charge on any atom is -0.507 e. The van der Waals surface area contributed by atoms with E-state index in [1.54, 1.807) is 6.92 Å². The van der Waals surface area contributed by atoms with Gasteiger partial charge in [0.1, 0.15) is 34.9 Å². The molecule has 0 bridgehead atoms. The monoisotopic (exact) mass is 1060 g/mol. The smallest absolute Gasteiger partial charge is 0.419 e. The molecule has 0 amide bonds. The Morgan fingerprint density at radius 3 is 1.48 bits per heavy atom. The lowest BCUT2D eigenvalue weighted by Crippen LogP contribution is -2.51. The molecule has 3 aromatic carbocycles. The standard InChI is InChI=1S/C13H19NO2.C11H12O2.C7H5F3O.C4H5BrO.C4H6O.C4H6.C3H4.C2H7NO.H6P4/c1-10-4-2-3-5-12(10)16-13-7-6-11(13)14-8-9-15;1-8-4-2-3-5-10(8)13-11-7-6-9(11)12;8-7(9,10)5-3-1-2-4-6(5)11;5-3-1-2-4(3)6;5-4-2-1-3-4;1-3-4-2;1-3-2;3-1-2-4;1-4(2)3/h2-5,11,13-15H,6-9H2,1H3;2-5,11H,6-7H2,1H3;1-4,11H;3H,1-2H2;1-3H2;1-2H3;1H,2H3;4H,1-3H2;1-3H2/t11-,13+;;;;;;;;/m1......../s1. The van der Waals surface area contributed by atoms with Crippen LogP contribution < -0.4 is 20.5 Å². The SMILES string of the molecule is C#CC.CC#CC.Cc1ccccc1OC1CCC1=O.Cc1ccccc1O[C@H]1CC[C@H]1NCCO.NCCO.O=C1CCC1.O=C1CCC1Br.Oc1ccccc1C(F)(F)F.PP(P)P. The first kappa shape index (κ1) is 65.1. The second kappa shape index (κ2) is 40.0. The van der Waals surface area contributed by atoms with Gasteiger partial charge in [0.05, 0.1) is 23.6 Å². The zero-order chi connectivity index (χ0) is 50.5. The van der Waals surface area contributed by atoms with Crippen LogP contribution in [0.15, 0.2) is 72.8 Å². The first-order chi connectivity index (χ1) is 31.3. The number of carbonyl (C=O) groups is 3. The van der Waals surface area contributed by atoms with E-state index >= 15 is 0 Å². The van der Waals surface area contributed by atoms with Crippen LogP contribution in [-0.2, 0) is 20.6 Å². The summed E-state index contributed by atoms with van der Waals surface area (Å²) >= 11 is 3.18. The Labute approximate surface area is 407 Å². The molecule has 4 aliphatic rings. The summed E-state index contributed by atoms with van der Waals surface area (Å²) in [6, 6.07) is 20.6. The number of ketones is 3. The van der Waals surface area contributed by atoms with E-state index in [4.69, 9.17) is 30.5 Å². The van der Waals surface area contributed by atoms with E-state index in [0.29, 0.717) is 37.1 Å². The number of aliphatic hydroxyl groups excluding tert-OH is 2. The number of aromatic hydroxyl groups is 1. The highest BCUT2D eigenvalue weighted by Crippen LogP contribution is 2.59. The Kier molecular flexibility index (Phi) is 39.4. The molecule has 7 atom stereocenters. The first-order valence-corrected chi connectivity index (χ1v) is 28.3. The van der Waals surface area contributed by atoms with Crippen molar-refractivity contribution < 1.29 is 52.3 Å². The lowest BCUT2D eigenvalue weighted by Gasteiger charge is -2.37. The van der Waals surface area contributed by atoms with E-state index in [0.717, 1.165) is 80.6 Å². The third-order valence-corrected chi connectivity index (χ3v) is 9.94. The van der Waals surface area contributed by atoms with Crippen molar-refractivity contribution in [3.05, 3.63) is 89.5 Å². The van der Waals surface area contributed by atoms with Crippen molar-refractivity contribution in [2.24, 2.45) is 5.73 Å². The average Bonchev–Trinajstić information content (AvgIpc) is 3.27. The number of phenols is 1. The number of nitrogens with two attached hydrogens (primary N) is 1. The Morgan fingerprint density at radius 2 is 1.23 bits per heavy atom. The maximum atomic E-state index is 11.9. The number of hydrogen-bond donors (Lipinski definition) is 5. The van der Waals surface area contributed by atoms with Crippen LogP contribution in [0.2, 0.25) is 0 Å². The van der Waals surface area contributed by atoms with Gasteiger partial charge in [0, 0.05) is 44.8 Å². The number of halogens is 4. The van der Waals surface area contributed by atoms with Gasteiger partial charge < -0.3 is 35.8 Å². The normalized spacial score (nSPS) is 17.8. The molecule has 4 aliphatic carbocycles. The van der Waals surface area contributed by atoms with Crippen molar-refractivity contribution in [3.63, 3.8) is 0 Å². The van der Waals surface area contributed by atoms with Gasteiger partial charge >= 0.3 is 6.18 Å². The summed E-state index contributed by atoms with van der Waals surface area (Å²) in [5, 5.41) is 28.5. The molecule has 0 aliphatic heterocycles. The second-order valence-corrected chi connectivity index (χ2v) is 27.0. The van der Waals surface area contributed by atoms with Gasteiger partial charge in [0.25, 0.3) is 0 Å². The average molecular weight is 1060 g/mol. The van der Waals surface area contributed by atoms with Crippen LogP contribution in [0.5, 0.6) is 17.2 Å². The zero-order valence-electron chi connectivity index (χ0n) is 38.7. The van der Waals surface area contributed by atoms with Crippen LogP contribution in [-0.4, -0.2) is 82.0 Å². The zero-order valence-corrected chi connectivity index (χ0v) is 44.6. The topological polar surface area (TPSA) is 168 Å². The molecule has 4 saturated carbocycles. The van der Waals surface area contributed by atoms with Crippen LogP contribution >= 0.6 is 49.7 Å². The van der Waals surface area contributed by atoms with E-state index in [-0.39, 0.29) is 43.0 Å². The molecule has 368 valence electrons. The number of rotatable bonds is 8. The van der Waals surface area contributed by atoms with Crippen LogP contribution in [0.25, 0.3) is 0 Å². The molecule has 3 aromatic rings. The molecule has 4 fully saturated rings. The molecule has 18 heteroatoms. The number of para-hydroxylation sites is 3. The van der Waals surface area contributed by atoms with E-state index in [2.05, 4.69) is 85.2 Å². The molecule has 0 aromatic heterocycles. The summed E-state index contributed by atoms with van der Waals surface area (Å²) in [4.78, 5) is 31.3. The third kappa shape index (κ3) is 31.9. The van der Waals surface area contributed by atoms with Crippen molar-refractivity contribution in [1.82, 2.24) is 5.32 Å². The molecule has 10 nitrogen and oxygen atoms in total. The van der Waals surface area contributed by atoms with Crippen molar-refractivity contribution in [3.8, 4) is 41.4 Å². The minimum absolute atomic E-state index is 0.0972. The van der Waals surface area contributed by atoms with E-state index in [9.17, 15) is 27.6 Å². The van der Waals surface area contributed by atoms with Gasteiger partial charge in [-0.15, -0.1) is 51.0 Å². The number of aryl methyl sites for hydroxylation is 2. The predicted molar refractivity (Wildman–Crippen MR) is 278 cm³/mol. The molecule has 5 unspecified atom stereocenters. The lowest BCUT2D eigenvalue weighted by atomic mass is 9.89. The number of Topliss-reactive ketones (excluding diaryl/α,β-unsaturated/α-hetero) is 3. The fraction of sp³-hybridized carbons (Fsp3) is 0.479. The minimum atomic E-state index is -4.47. The number of hydrogen-bond acceptors (Lipinski definition) is 10. The molecular weight excluding hydrogens is 993 g/mol. The number of aliphatic hydroxyl groups is 2. The Morgan fingerprint density at radius 1 is 0.788 bits per heavy atom. The highest BCUT2D eigenvalue weighted by atomic mass is 79.9. The maximum absolute atomic E-state index is 11.9. The molecule has 0 saturated heterocycles. The molecule has 7 rings (SSSR count). The number of alkyl halides is 4. The van der Waals surface area contributed by atoms with Crippen LogP contribution in [0, 0.1) is 38.0 Å². The van der Waals surface area contributed by atoms with Crippen LogP contribution in [0.3, 0.4) is 0 Å². The van der Waals surface area contributed by atoms with Crippen LogP contribution in [0.1, 0.15) is 95.2 Å². The predicted octanol–water partition coefficient (Wildman–Crippen LogP) is 10.3. The number of nitrogens with one attached hydrogen (secondary N) is 1. The molecule has 66 heavy (non-hydrogen) atoms. The van der Waals surface area contributed by atoms with Crippen molar-refractivity contribution >= 4 is 67.1 Å². The summed E-state index contributed by atoms with van der Waals surface area (Å²) in [5.74, 6) is 9.70. The van der Waals surface area contributed by atoms with Gasteiger partial charge in [0.2, 0.25) is 0 Å². The molecule has 0 radical (unpaired) electrons. The third-order valence-electron chi connectivity index (χ3n) is 8.97. The van der Waals surface area contributed by atoms with Gasteiger partial charge in [-0.1, -0.05) is 64.5 Å². The Bertz CT molecular complexity index is 1890. The van der Waals surface area contributed by atoms with Gasteiger partial charge in [-0.2, -0.15) is 13.2 Å². The Balaban J connectivity index is 0. The van der Waals surface area contributed by atoms with Crippen molar-refractivity contribution in [1.29, 1.82) is 0 Å². The fourth-order valence-electron chi connectivity index (χ4n) is 4.70. The van der Waals surface area contributed by atoms with Crippen LogP contribution in [0.4, 0.5) is 13.2 Å². The number of terminal acetylenes is 1. The summed E-state index contributed by atoms with van der Waals surface area (Å²) in [5.41, 5.74) is 6.04. The number of benzene rings is 3. The van der Waals surface area contributed by atoms with E-state index in [1.165, 1.54) is 17.7 Å². The molecular formula is C48H70BrF3N2O8P4. The lowest BCUT2D eigenvalue weighted by molar-refractivity contribution is -0.138. The first-order valence-electron chi connectivity index (χ1n) is 21.2. The molecule has 0 spiro atoms. The van der Waals surface area contributed by atoms with E-state index in [1.807, 2.05) is 63.2 Å². The van der Waals surface area contributed by atoms with Gasteiger partial charge in [0.15, 0.2) is 11.9 Å².